The first-order chi connectivity index (χ1) is 10.0. The second-order valence-corrected chi connectivity index (χ2v) is 5.96. The van der Waals surface area contributed by atoms with Gasteiger partial charge in [-0.1, -0.05) is 11.6 Å². The molecule has 1 aromatic heterocycles. The van der Waals surface area contributed by atoms with Gasteiger partial charge in [0.2, 0.25) is 0 Å². The van der Waals surface area contributed by atoms with E-state index in [-0.39, 0.29) is 11.8 Å². The quantitative estimate of drug-likeness (QED) is 0.792. The predicted octanol–water partition coefficient (Wildman–Crippen LogP) is 4.72. The molecule has 0 aliphatic carbocycles. The molecule has 0 spiro atoms. The number of rotatable bonds is 7. The largest absolute Gasteiger partial charge is 0.434 e. The van der Waals surface area contributed by atoms with Crippen LogP contribution in [0, 0.1) is 0 Å². The fraction of sp³-hybridized carbons (Fsp3) is 0.333. The number of ether oxygens (including phenoxy) is 1. The molecule has 0 aliphatic rings. The number of thiophene rings is 1. The minimum Gasteiger partial charge on any atom is -0.434 e. The molecule has 0 saturated carbocycles. The van der Waals surface area contributed by atoms with E-state index in [9.17, 15) is 8.78 Å². The number of hydrogen-bond acceptors (Lipinski definition) is 3. The Bertz CT molecular complexity index is 563. The lowest BCUT2D eigenvalue weighted by molar-refractivity contribution is -0.0505. The Morgan fingerprint density at radius 3 is 2.81 bits per heavy atom. The molecule has 0 radical (unpaired) electrons. The van der Waals surface area contributed by atoms with Crippen LogP contribution in [0.4, 0.5) is 8.78 Å². The van der Waals surface area contributed by atoms with Crippen molar-refractivity contribution in [2.75, 3.05) is 0 Å². The van der Waals surface area contributed by atoms with Gasteiger partial charge >= 0.3 is 6.61 Å². The van der Waals surface area contributed by atoms with Gasteiger partial charge in [-0.2, -0.15) is 20.1 Å². The van der Waals surface area contributed by atoms with Gasteiger partial charge in [0, 0.05) is 23.2 Å². The van der Waals surface area contributed by atoms with E-state index in [4.69, 9.17) is 11.6 Å². The Morgan fingerprint density at radius 2 is 2.14 bits per heavy atom. The molecule has 0 aliphatic heterocycles. The van der Waals surface area contributed by atoms with Gasteiger partial charge < -0.3 is 10.1 Å². The van der Waals surface area contributed by atoms with Gasteiger partial charge in [0.15, 0.2) is 0 Å². The van der Waals surface area contributed by atoms with Crippen molar-refractivity contribution in [1.82, 2.24) is 5.32 Å². The first-order valence-corrected chi connectivity index (χ1v) is 7.84. The average Bonchev–Trinajstić information content (AvgIpc) is 2.91. The Morgan fingerprint density at radius 1 is 1.33 bits per heavy atom. The maximum absolute atomic E-state index is 12.4. The van der Waals surface area contributed by atoms with Gasteiger partial charge in [-0.05, 0) is 53.9 Å². The summed E-state index contributed by atoms with van der Waals surface area (Å²) in [5.41, 5.74) is 1.88. The number of hydrogen-bond donors (Lipinski definition) is 1. The van der Waals surface area contributed by atoms with Crippen LogP contribution in [0.25, 0.3) is 0 Å². The van der Waals surface area contributed by atoms with Crippen LogP contribution in [0.15, 0.2) is 35.0 Å². The maximum atomic E-state index is 12.4. The van der Waals surface area contributed by atoms with Crippen molar-refractivity contribution >= 4 is 22.9 Å². The van der Waals surface area contributed by atoms with Gasteiger partial charge in [-0.15, -0.1) is 0 Å². The Balaban J connectivity index is 1.96. The summed E-state index contributed by atoms with van der Waals surface area (Å²) in [7, 11) is 0. The van der Waals surface area contributed by atoms with Crippen LogP contribution in [-0.2, 0) is 13.0 Å². The first-order valence-electron chi connectivity index (χ1n) is 6.52. The third-order valence-corrected chi connectivity index (χ3v) is 3.97. The summed E-state index contributed by atoms with van der Waals surface area (Å²) in [5.74, 6) is 0.157. The summed E-state index contributed by atoms with van der Waals surface area (Å²) in [5, 5.41) is 7.93. The molecule has 0 bridgehead atoms. The summed E-state index contributed by atoms with van der Waals surface area (Å²) >= 11 is 7.57. The van der Waals surface area contributed by atoms with Crippen molar-refractivity contribution in [1.29, 1.82) is 0 Å². The molecule has 2 nitrogen and oxygen atoms in total. The zero-order chi connectivity index (χ0) is 15.2. The van der Waals surface area contributed by atoms with E-state index in [0.717, 1.165) is 6.42 Å². The van der Waals surface area contributed by atoms with Crippen LogP contribution in [0.5, 0.6) is 5.75 Å². The summed E-state index contributed by atoms with van der Waals surface area (Å²) in [6.07, 6.45) is 0.884. The Labute approximate surface area is 131 Å². The zero-order valence-electron chi connectivity index (χ0n) is 11.5. The molecule has 1 unspecified atom stereocenters. The third kappa shape index (κ3) is 5.26. The summed E-state index contributed by atoms with van der Waals surface area (Å²) in [6, 6.07) is 6.95. The number of halogens is 3. The van der Waals surface area contributed by atoms with Gasteiger partial charge in [0.25, 0.3) is 0 Å². The average molecular weight is 332 g/mol. The van der Waals surface area contributed by atoms with E-state index < -0.39 is 6.61 Å². The normalized spacial score (nSPS) is 12.6. The highest BCUT2D eigenvalue weighted by Gasteiger charge is 2.11. The molecule has 21 heavy (non-hydrogen) atoms. The molecular formula is C15H16ClF2NOS. The van der Waals surface area contributed by atoms with Crippen molar-refractivity contribution in [2.24, 2.45) is 0 Å². The second-order valence-electron chi connectivity index (χ2n) is 4.75. The van der Waals surface area contributed by atoms with Gasteiger partial charge in [0.05, 0.1) is 0 Å². The van der Waals surface area contributed by atoms with Crippen molar-refractivity contribution in [3.63, 3.8) is 0 Å². The van der Waals surface area contributed by atoms with Crippen molar-refractivity contribution in [3.8, 4) is 5.75 Å². The molecule has 0 saturated heterocycles. The van der Waals surface area contributed by atoms with Crippen LogP contribution in [0.2, 0.25) is 5.02 Å². The fourth-order valence-corrected chi connectivity index (χ4v) is 2.89. The summed E-state index contributed by atoms with van der Waals surface area (Å²) in [4.78, 5) is 0. The Kier molecular flexibility index (Phi) is 5.96. The van der Waals surface area contributed by atoms with Gasteiger partial charge in [-0.25, -0.2) is 0 Å². The first kappa shape index (κ1) is 16.2. The number of benzene rings is 1. The lowest BCUT2D eigenvalue weighted by atomic mass is 10.1. The summed E-state index contributed by atoms with van der Waals surface area (Å²) in [6.45, 7) is -0.364. The molecule has 0 fully saturated rings. The minimum atomic E-state index is -2.84. The fourth-order valence-electron chi connectivity index (χ4n) is 2.02. The number of nitrogens with one attached hydrogen (secondary N) is 1. The van der Waals surface area contributed by atoms with Crippen molar-refractivity contribution < 1.29 is 13.5 Å². The molecular weight excluding hydrogens is 316 g/mol. The molecule has 1 heterocycles. The monoisotopic (exact) mass is 331 g/mol. The molecule has 114 valence electrons. The molecule has 2 aromatic rings. The van der Waals surface area contributed by atoms with Crippen molar-refractivity contribution in [3.05, 3.63) is 51.2 Å². The smallest absolute Gasteiger partial charge is 0.387 e. The number of alkyl halides is 2. The SMILES string of the molecule is CC(Cc1ccsc1)NCc1cc(Cl)ccc1OC(F)F. The van der Waals surface area contributed by atoms with Crippen LogP contribution >= 0.6 is 22.9 Å². The standard InChI is InChI=1S/C15H16ClF2NOS/c1-10(6-11-4-5-21-9-11)19-8-12-7-13(16)2-3-14(12)20-15(17)18/h2-5,7,9-10,15,19H,6,8H2,1H3. The highest BCUT2D eigenvalue weighted by atomic mass is 35.5. The van der Waals surface area contributed by atoms with E-state index in [1.54, 1.807) is 17.4 Å². The van der Waals surface area contributed by atoms with Crippen LogP contribution in [-0.4, -0.2) is 12.7 Å². The molecule has 0 amide bonds. The Hall–Kier alpha value is -1.17. The lowest BCUT2D eigenvalue weighted by Gasteiger charge is -2.16. The molecule has 1 N–H and O–H groups in total. The van der Waals surface area contributed by atoms with Crippen LogP contribution in [0.1, 0.15) is 18.1 Å². The van der Waals surface area contributed by atoms with E-state index in [2.05, 4.69) is 28.4 Å². The van der Waals surface area contributed by atoms with E-state index >= 15 is 0 Å². The van der Waals surface area contributed by atoms with Crippen LogP contribution in [0.3, 0.4) is 0 Å². The zero-order valence-corrected chi connectivity index (χ0v) is 13.1. The maximum Gasteiger partial charge on any atom is 0.387 e. The van der Waals surface area contributed by atoms with E-state index in [0.29, 0.717) is 17.1 Å². The van der Waals surface area contributed by atoms with Gasteiger partial charge in [-0.3, -0.25) is 0 Å². The van der Waals surface area contributed by atoms with Crippen molar-refractivity contribution in [2.45, 2.75) is 32.5 Å². The predicted molar refractivity (Wildman–Crippen MR) is 82.4 cm³/mol. The highest BCUT2D eigenvalue weighted by molar-refractivity contribution is 7.07. The third-order valence-electron chi connectivity index (χ3n) is 3.00. The minimum absolute atomic E-state index is 0.157. The van der Waals surface area contributed by atoms with E-state index in [1.165, 1.54) is 17.7 Å². The summed E-state index contributed by atoms with van der Waals surface area (Å²) < 4.78 is 29.3. The van der Waals surface area contributed by atoms with Crippen LogP contribution < -0.4 is 10.1 Å². The lowest BCUT2D eigenvalue weighted by Crippen LogP contribution is -2.27. The molecule has 6 heteroatoms. The molecule has 1 atom stereocenters. The highest BCUT2D eigenvalue weighted by Crippen LogP contribution is 2.24. The molecule has 2 rings (SSSR count). The topological polar surface area (TPSA) is 21.3 Å². The van der Waals surface area contributed by atoms with E-state index in [1.807, 2.05) is 5.38 Å². The van der Waals surface area contributed by atoms with Gasteiger partial charge in [0.1, 0.15) is 5.75 Å². The molecule has 1 aromatic carbocycles. The second kappa shape index (κ2) is 7.73.